The Labute approximate surface area is 336 Å². The second-order valence-electron chi connectivity index (χ2n) is 15.3. The van der Waals surface area contributed by atoms with E-state index in [9.17, 15) is 24.0 Å². The number of nitrogens with one attached hydrogen (secondary N) is 6. The molecule has 10 N–H and O–H groups in total. The number of rotatable bonds is 17. The number of fused-ring (bicyclic) bond motifs is 2. The molecule has 5 amide bonds. The van der Waals surface area contributed by atoms with Gasteiger partial charge in [0.15, 0.2) is 0 Å². The van der Waals surface area contributed by atoms with Crippen LogP contribution in [0.15, 0.2) is 90.4 Å². The Bertz CT molecular complexity index is 2190. The minimum Gasteiger partial charge on any atom is -0.368 e. The van der Waals surface area contributed by atoms with Gasteiger partial charge < -0.3 is 43.0 Å². The van der Waals surface area contributed by atoms with Crippen molar-refractivity contribution < 1.29 is 24.0 Å². The lowest BCUT2D eigenvalue weighted by Gasteiger charge is -2.36. The van der Waals surface area contributed by atoms with Gasteiger partial charge in [-0.05, 0) is 77.9 Å². The number of hydrogen-bond donors (Lipinski definition) is 8. The van der Waals surface area contributed by atoms with Crippen molar-refractivity contribution in [3.05, 3.63) is 107 Å². The predicted molar refractivity (Wildman–Crippen MR) is 223 cm³/mol. The van der Waals surface area contributed by atoms with Crippen molar-refractivity contribution in [1.29, 1.82) is 0 Å². The minimum atomic E-state index is -1.28. The first-order valence-electron chi connectivity index (χ1n) is 19.5. The van der Waals surface area contributed by atoms with E-state index in [1.165, 1.54) is 0 Å². The maximum atomic E-state index is 14.6. The Morgan fingerprint density at radius 2 is 1.30 bits per heavy atom. The van der Waals surface area contributed by atoms with E-state index in [1.54, 1.807) is 17.5 Å². The molecule has 13 nitrogen and oxygen atoms in total. The maximum absolute atomic E-state index is 14.6. The van der Waals surface area contributed by atoms with Crippen LogP contribution in [0.2, 0.25) is 0 Å². The topological polar surface area (TPSA) is 213 Å². The van der Waals surface area contributed by atoms with E-state index in [1.807, 2.05) is 98.1 Å². The molecule has 3 aromatic carbocycles. The van der Waals surface area contributed by atoms with E-state index in [-0.39, 0.29) is 25.2 Å². The number of aromatic nitrogens is 1. The number of aromatic amines is 1. The molecule has 300 valence electrons. The molecule has 57 heavy (non-hydrogen) atoms. The third-order valence-electron chi connectivity index (χ3n) is 10.6. The van der Waals surface area contributed by atoms with Crippen LogP contribution in [-0.2, 0) is 43.2 Å². The van der Waals surface area contributed by atoms with Gasteiger partial charge in [0.05, 0.1) is 6.04 Å². The zero-order valence-electron chi connectivity index (χ0n) is 32.3. The summed E-state index contributed by atoms with van der Waals surface area (Å²) in [4.78, 5) is 72.7. The lowest BCUT2D eigenvalue weighted by molar-refractivity contribution is -0.136. The number of carbonyl (C=O) groups excluding carboxylic acids is 5. The molecule has 0 unspecified atom stereocenters. The van der Waals surface area contributed by atoms with E-state index in [0.717, 1.165) is 37.7 Å². The predicted octanol–water partition coefficient (Wildman–Crippen LogP) is 2.96. The zero-order valence-corrected chi connectivity index (χ0v) is 33.1. The first-order valence-corrected chi connectivity index (χ1v) is 20.3. The molecule has 4 atom stereocenters. The number of primary amides is 1. The highest BCUT2D eigenvalue weighted by molar-refractivity contribution is 7.17. The highest BCUT2D eigenvalue weighted by Gasteiger charge is 2.41. The van der Waals surface area contributed by atoms with E-state index in [2.05, 4.69) is 31.6 Å². The van der Waals surface area contributed by atoms with Crippen molar-refractivity contribution >= 4 is 61.9 Å². The Balaban J connectivity index is 1.31. The Morgan fingerprint density at radius 3 is 1.96 bits per heavy atom. The fraction of sp³-hybridized carbons (Fsp3) is 0.372. The number of benzene rings is 3. The van der Waals surface area contributed by atoms with Gasteiger partial charge in [-0.15, -0.1) is 11.3 Å². The Morgan fingerprint density at radius 1 is 0.719 bits per heavy atom. The molecule has 0 bridgehead atoms. The summed E-state index contributed by atoms with van der Waals surface area (Å²) in [6.45, 7) is 4.90. The number of nitrogens with two attached hydrogens (primary N) is 2. The van der Waals surface area contributed by atoms with Gasteiger partial charge in [-0.1, -0.05) is 80.6 Å². The fourth-order valence-electron chi connectivity index (χ4n) is 7.46. The summed E-state index contributed by atoms with van der Waals surface area (Å²) in [5, 5.41) is 18.6. The Kier molecular flexibility index (Phi) is 13.4. The number of amides is 5. The molecule has 1 aliphatic heterocycles. The molecule has 3 heterocycles. The largest absolute Gasteiger partial charge is 0.368 e. The van der Waals surface area contributed by atoms with E-state index in [4.69, 9.17) is 11.5 Å². The highest BCUT2D eigenvalue weighted by atomic mass is 32.1. The van der Waals surface area contributed by atoms with Crippen LogP contribution in [0.1, 0.15) is 49.8 Å². The molecule has 0 spiro atoms. The van der Waals surface area contributed by atoms with Gasteiger partial charge in [0, 0.05) is 41.1 Å². The van der Waals surface area contributed by atoms with E-state index >= 15 is 0 Å². The third-order valence-corrected chi connectivity index (χ3v) is 11.6. The second-order valence-corrected chi connectivity index (χ2v) is 16.2. The average molecular weight is 793 g/mol. The molecule has 1 saturated heterocycles. The van der Waals surface area contributed by atoms with Gasteiger partial charge in [0.25, 0.3) is 0 Å². The summed E-state index contributed by atoms with van der Waals surface area (Å²) < 4.78 is 1.04. The van der Waals surface area contributed by atoms with Crippen LogP contribution in [-0.4, -0.2) is 77.3 Å². The SMILES string of the molecule is CC(C)C[C@@H](N)C(=O)N[C@H](Cc1csc2ccccc12)C(=O)N[C@H](Cc1c[nH]c2ccccc12)C(=O)N[C@@H](Cc1ccccc1)C(=O)NC1(C(N)=O)CCNCC1. The summed E-state index contributed by atoms with van der Waals surface area (Å²) in [5.74, 6) is -2.74. The molecule has 1 aliphatic rings. The lowest BCUT2D eigenvalue weighted by Crippen LogP contribution is -2.65. The first-order chi connectivity index (χ1) is 27.4. The molecule has 0 radical (unpaired) electrons. The van der Waals surface area contributed by atoms with E-state index < -0.39 is 59.2 Å². The summed E-state index contributed by atoms with van der Waals surface area (Å²) in [5.41, 5.74) is 14.1. The quantitative estimate of drug-likeness (QED) is 0.0705. The van der Waals surface area contributed by atoms with Gasteiger partial charge >= 0.3 is 0 Å². The van der Waals surface area contributed by atoms with Crippen LogP contribution in [0, 0.1) is 5.92 Å². The Hall–Kier alpha value is -5.57. The molecule has 1 fully saturated rings. The molecule has 0 aliphatic carbocycles. The monoisotopic (exact) mass is 792 g/mol. The average Bonchev–Trinajstić information content (AvgIpc) is 3.81. The molecule has 6 rings (SSSR count). The van der Waals surface area contributed by atoms with E-state index in [0.29, 0.717) is 32.4 Å². The molecule has 0 saturated carbocycles. The lowest BCUT2D eigenvalue weighted by atomic mass is 9.87. The smallest absolute Gasteiger partial charge is 0.243 e. The van der Waals surface area contributed by atoms with Crippen LogP contribution in [0.5, 0.6) is 0 Å². The van der Waals surface area contributed by atoms with Crippen LogP contribution in [0.4, 0.5) is 0 Å². The zero-order chi connectivity index (χ0) is 40.5. The number of thiophene rings is 1. The second kappa shape index (κ2) is 18.6. The number of hydrogen-bond acceptors (Lipinski definition) is 8. The van der Waals surface area contributed by atoms with Crippen molar-refractivity contribution in [1.82, 2.24) is 31.6 Å². The molecular formula is C43H52N8O5S. The minimum absolute atomic E-state index is 0.0626. The third kappa shape index (κ3) is 10.2. The fourth-order valence-corrected chi connectivity index (χ4v) is 8.43. The van der Waals surface area contributed by atoms with Gasteiger partial charge in [0.1, 0.15) is 23.7 Å². The van der Waals surface area contributed by atoms with Crippen LogP contribution in [0.25, 0.3) is 21.0 Å². The molecule has 2 aromatic heterocycles. The van der Waals surface area contributed by atoms with Crippen molar-refractivity contribution in [2.24, 2.45) is 17.4 Å². The van der Waals surface area contributed by atoms with Gasteiger partial charge in [-0.25, -0.2) is 0 Å². The summed E-state index contributed by atoms with van der Waals surface area (Å²) in [6.07, 6.45) is 3.13. The number of piperidine rings is 1. The highest BCUT2D eigenvalue weighted by Crippen LogP contribution is 2.27. The number of carbonyl (C=O) groups is 5. The van der Waals surface area contributed by atoms with Gasteiger partial charge in [0.2, 0.25) is 29.5 Å². The van der Waals surface area contributed by atoms with Gasteiger partial charge in [-0.3, -0.25) is 24.0 Å². The summed E-state index contributed by atoms with van der Waals surface area (Å²) >= 11 is 1.54. The van der Waals surface area contributed by atoms with Crippen molar-refractivity contribution in [3.63, 3.8) is 0 Å². The van der Waals surface area contributed by atoms with Crippen LogP contribution < -0.4 is 38.1 Å². The molecule has 14 heteroatoms. The summed E-state index contributed by atoms with van der Waals surface area (Å²) in [6, 6.07) is 20.4. The standard InChI is InChI=1S/C43H52N8O5S/c1-26(2)20-32(44)38(52)48-36(23-29-25-57-37-15-9-7-13-31(29)37)40(54)50-35(22-28-24-47-33-14-8-6-12-30(28)33)39(53)49-34(21-27-10-4-3-5-11-27)41(55)51-43(42(45)56)16-18-46-19-17-43/h3-15,24-26,32,34-36,46-47H,16-23,44H2,1-2H3,(H2,45,56)(H,48,52)(H,49,53)(H,50,54)(H,51,55)/t32-,34+,35-,36-/m1/s1. The normalized spacial score (nSPS) is 16.0. The molecular weight excluding hydrogens is 741 g/mol. The van der Waals surface area contributed by atoms with Crippen LogP contribution >= 0.6 is 11.3 Å². The maximum Gasteiger partial charge on any atom is 0.243 e. The number of H-pyrrole nitrogens is 1. The van der Waals surface area contributed by atoms with Crippen molar-refractivity contribution in [3.8, 4) is 0 Å². The van der Waals surface area contributed by atoms with Crippen molar-refractivity contribution in [2.45, 2.75) is 82.1 Å². The summed E-state index contributed by atoms with van der Waals surface area (Å²) in [7, 11) is 0. The van der Waals surface area contributed by atoms with Crippen LogP contribution in [0.3, 0.4) is 0 Å². The number of para-hydroxylation sites is 1. The first kappa shape index (κ1) is 41.1. The molecule has 5 aromatic rings. The van der Waals surface area contributed by atoms with Crippen molar-refractivity contribution in [2.75, 3.05) is 13.1 Å². The van der Waals surface area contributed by atoms with Gasteiger partial charge in [-0.2, -0.15) is 0 Å².